The summed E-state index contributed by atoms with van der Waals surface area (Å²) in [5, 5.41) is 2.12. The van der Waals surface area contributed by atoms with Gasteiger partial charge in [-0.2, -0.15) is 9.97 Å². The number of hydrogen-bond acceptors (Lipinski definition) is 5. The molecule has 4 aromatic heterocycles. The van der Waals surface area contributed by atoms with E-state index in [1.54, 1.807) is 0 Å². The zero-order valence-corrected chi connectivity index (χ0v) is 23.9. The highest BCUT2D eigenvalue weighted by Crippen LogP contribution is 2.43. The Morgan fingerprint density at radius 1 is 0.578 bits per heavy atom. The minimum atomic E-state index is -0.527. The first kappa shape index (κ1) is 16.9. The Bertz CT molecular complexity index is 3340. The summed E-state index contributed by atoms with van der Waals surface area (Å²) in [4.78, 5) is 14.6. The first-order chi connectivity index (χ1) is 26.5. The van der Waals surface area contributed by atoms with Crippen LogP contribution in [-0.4, -0.2) is 19.5 Å². The molecular formula is C39H22N4OS. The van der Waals surface area contributed by atoms with Gasteiger partial charge in [0.25, 0.3) is 0 Å². The molecule has 4 heterocycles. The standard InChI is InChI=1S/C39H22N4OS/c1-2-10-23(11-3-1)37-40-38(24-18-21-33-29(22-24)25-12-5-8-16-32(25)44-33)42-39(41-37)43-30-15-7-4-14-28(30)35-31(43)20-19-27-26-13-6-9-17-34(26)45-36(27)35/h1-22H/i4D,6D,7D,9D,13D,14D,15D,17D,19D,20D. The maximum absolute atomic E-state index is 9.47. The Labute approximate surface area is 274 Å². The Morgan fingerprint density at radius 3 is 2.24 bits per heavy atom. The van der Waals surface area contributed by atoms with Crippen LogP contribution in [0.2, 0.25) is 0 Å². The van der Waals surface area contributed by atoms with E-state index in [9.17, 15) is 4.11 Å². The molecule has 0 aliphatic heterocycles. The molecule has 0 unspecified atom stereocenters. The number of rotatable bonds is 3. The van der Waals surface area contributed by atoms with Gasteiger partial charge in [-0.15, -0.1) is 11.3 Å². The molecule has 0 spiro atoms. The van der Waals surface area contributed by atoms with Crippen LogP contribution >= 0.6 is 11.3 Å². The van der Waals surface area contributed by atoms with Crippen molar-refractivity contribution in [1.29, 1.82) is 0 Å². The summed E-state index contributed by atoms with van der Waals surface area (Å²) in [7, 11) is 0. The molecule has 6 heteroatoms. The number of thiophene rings is 1. The van der Waals surface area contributed by atoms with Crippen molar-refractivity contribution in [2.45, 2.75) is 0 Å². The SMILES string of the molecule is [2H]c1c([2H])c([2H])c2c(sc3c2c([2H])c([2H])c2c3c3c([2H])c([2H])c([2H])c([2H])c3n2-c2nc(-c3ccccc3)nc(-c3ccc4oc5ccccc5c4c3)n2)c1[2H]. The fraction of sp³-hybridized carbons (Fsp3) is 0. The van der Waals surface area contributed by atoms with Crippen molar-refractivity contribution in [2.24, 2.45) is 0 Å². The monoisotopic (exact) mass is 604 g/mol. The highest BCUT2D eigenvalue weighted by Gasteiger charge is 2.21. The van der Waals surface area contributed by atoms with Gasteiger partial charge < -0.3 is 4.42 Å². The third kappa shape index (κ3) is 3.63. The largest absolute Gasteiger partial charge is 0.456 e. The molecule has 0 aliphatic rings. The average Bonchev–Trinajstić information content (AvgIpc) is 3.90. The number of aromatic nitrogens is 4. The van der Waals surface area contributed by atoms with Gasteiger partial charge in [-0.05, 0) is 42.4 Å². The predicted octanol–water partition coefficient (Wildman–Crippen LogP) is 10.6. The molecule has 0 saturated heterocycles. The van der Waals surface area contributed by atoms with Crippen molar-refractivity contribution >= 4 is 75.3 Å². The fourth-order valence-electron chi connectivity index (χ4n) is 5.95. The molecule has 0 aliphatic carbocycles. The average molecular weight is 605 g/mol. The van der Waals surface area contributed by atoms with E-state index >= 15 is 0 Å². The molecule has 0 bridgehead atoms. The third-order valence-corrected chi connectivity index (χ3v) is 9.08. The summed E-state index contributed by atoms with van der Waals surface area (Å²) in [6.45, 7) is 0. The van der Waals surface area contributed by atoms with Gasteiger partial charge in [0.15, 0.2) is 11.6 Å². The van der Waals surface area contributed by atoms with Crippen molar-refractivity contribution in [3.05, 3.63) is 133 Å². The lowest BCUT2D eigenvalue weighted by molar-refractivity contribution is 0.669. The van der Waals surface area contributed by atoms with Crippen LogP contribution in [0.1, 0.15) is 13.7 Å². The Hall–Kier alpha value is -5.85. The molecule has 0 saturated carbocycles. The number of furan rings is 1. The zero-order chi connectivity index (χ0) is 38.2. The molecule has 6 aromatic carbocycles. The normalized spacial score (nSPS) is 15.1. The van der Waals surface area contributed by atoms with Gasteiger partial charge >= 0.3 is 0 Å². The van der Waals surface area contributed by atoms with Crippen LogP contribution in [0.5, 0.6) is 0 Å². The van der Waals surface area contributed by atoms with E-state index in [1.807, 2.05) is 72.8 Å². The van der Waals surface area contributed by atoms with E-state index in [2.05, 4.69) is 0 Å². The van der Waals surface area contributed by atoms with Crippen LogP contribution in [0.15, 0.2) is 138 Å². The van der Waals surface area contributed by atoms with E-state index in [-0.39, 0.29) is 83.7 Å². The van der Waals surface area contributed by atoms with Crippen LogP contribution in [0.3, 0.4) is 0 Å². The number of fused-ring (bicyclic) bond motifs is 10. The van der Waals surface area contributed by atoms with E-state index in [0.717, 1.165) is 22.1 Å². The van der Waals surface area contributed by atoms with Gasteiger partial charge in [-0.3, -0.25) is 4.57 Å². The minimum absolute atomic E-state index is 0.0220. The number of nitrogens with zero attached hydrogens (tertiary/aromatic N) is 4. The summed E-state index contributed by atoms with van der Waals surface area (Å²) in [6.07, 6.45) is 0. The Balaban J connectivity index is 1.39. The smallest absolute Gasteiger partial charge is 0.238 e. The van der Waals surface area contributed by atoms with Gasteiger partial charge in [0.2, 0.25) is 5.95 Å². The quantitative estimate of drug-likeness (QED) is 0.201. The molecule has 210 valence electrons. The maximum Gasteiger partial charge on any atom is 0.238 e. The van der Waals surface area contributed by atoms with E-state index < -0.39 is 36.3 Å². The number of para-hydroxylation sites is 2. The Morgan fingerprint density at radius 2 is 1.33 bits per heavy atom. The van der Waals surface area contributed by atoms with Gasteiger partial charge in [-0.25, -0.2) is 4.98 Å². The molecule has 0 amide bonds. The lowest BCUT2D eigenvalue weighted by Crippen LogP contribution is -2.06. The topological polar surface area (TPSA) is 56.7 Å². The molecule has 0 fully saturated rings. The second-order valence-electron chi connectivity index (χ2n) is 10.5. The second kappa shape index (κ2) is 9.32. The van der Waals surface area contributed by atoms with Crippen LogP contribution in [0, 0.1) is 0 Å². The van der Waals surface area contributed by atoms with Crippen molar-refractivity contribution < 1.29 is 18.1 Å². The first-order valence-corrected chi connectivity index (χ1v) is 14.9. The molecule has 5 nitrogen and oxygen atoms in total. The lowest BCUT2D eigenvalue weighted by Gasteiger charge is -2.11. The first-order valence-electron chi connectivity index (χ1n) is 19.1. The van der Waals surface area contributed by atoms with Gasteiger partial charge in [-0.1, -0.05) is 90.8 Å². The van der Waals surface area contributed by atoms with E-state index in [1.165, 1.54) is 4.57 Å². The van der Waals surface area contributed by atoms with Gasteiger partial charge in [0.05, 0.1) is 24.7 Å². The van der Waals surface area contributed by atoms with E-state index in [4.69, 9.17) is 29.0 Å². The molecule has 45 heavy (non-hydrogen) atoms. The predicted molar refractivity (Wildman–Crippen MR) is 185 cm³/mol. The molecule has 0 atom stereocenters. The highest BCUT2D eigenvalue weighted by molar-refractivity contribution is 7.26. The highest BCUT2D eigenvalue weighted by atomic mass is 32.1. The molecule has 0 N–H and O–H groups in total. The summed E-state index contributed by atoms with van der Waals surface area (Å²) in [6, 6.07) is 18.2. The van der Waals surface area contributed by atoms with Gasteiger partial charge in [0, 0.05) is 52.8 Å². The summed E-state index contributed by atoms with van der Waals surface area (Å²) in [5.74, 6) is 0.414. The zero-order valence-electron chi connectivity index (χ0n) is 33.0. The summed E-state index contributed by atoms with van der Waals surface area (Å²) in [5.41, 5.74) is 2.60. The maximum atomic E-state index is 9.47. The molecule has 0 radical (unpaired) electrons. The minimum Gasteiger partial charge on any atom is -0.456 e. The summed E-state index contributed by atoms with van der Waals surface area (Å²) < 4.78 is 96.4. The van der Waals surface area contributed by atoms with Crippen LogP contribution in [-0.2, 0) is 0 Å². The van der Waals surface area contributed by atoms with Gasteiger partial charge in [0.1, 0.15) is 11.2 Å². The summed E-state index contributed by atoms with van der Waals surface area (Å²) >= 11 is 0.986. The Kier molecular flexibility index (Phi) is 3.49. The third-order valence-electron chi connectivity index (χ3n) is 7.96. The van der Waals surface area contributed by atoms with E-state index in [0.29, 0.717) is 22.3 Å². The fourth-order valence-corrected chi connectivity index (χ4v) is 7.07. The van der Waals surface area contributed by atoms with Crippen LogP contribution in [0.25, 0.3) is 92.6 Å². The number of benzene rings is 6. The van der Waals surface area contributed by atoms with Crippen LogP contribution < -0.4 is 0 Å². The molecular weight excluding hydrogens is 573 g/mol. The van der Waals surface area contributed by atoms with Crippen molar-refractivity contribution in [2.75, 3.05) is 0 Å². The van der Waals surface area contributed by atoms with Crippen molar-refractivity contribution in [3.63, 3.8) is 0 Å². The van der Waals surface area contributed by atoms with Crippen molar-refractivity contribution in [3.8, 4) is 28.7 Å². The lowest BCUT2D eigenvalue weighted by atomic mass is 10.1. The molecule has 10 rings (SSSR count). The van der Waals surface area contributed by atoms with Crippen LogP contribution in [0.4, 0.5) is 0 Å². The molecule has 10 aromatic rings. The number of hydrogen-bond donors (Lipinski definition) is 0. The second-order valence-corrected chi connectivity index (χ2v) is 11.5. The van der Waals surface area contributed by atoms with Crippen molar-refractivity contribution in [1.82, 2.24) is 19.5 Å².